The largest absolute Gasteiger partial charge is 0.0619 e. The molecule has 0 aliphatic rings. The highest BCUT2D eigenvalue weighted by atomic mass is 14.4. The number of benzene rings is 5. The minimum Gasteiger partial charge on any atom is -0.0619 e. The summed E-state index contributed by atoms with van der Waals surface area (Å²) in [5.41, 5.74) is 21.4. The summed E-state index contributed by atoms with van der Waals surface area (Å²) in [4.78, 5) is 0. The number of hydrogen-bond donors (Lipinski definition) is 0. The van der Waals surface area contributed by atoms with E-state index in [1.165, 1.54) is 89.0 Å². The summed E-state index contributed by atoms with van der Waals surface area (Å²) >= 11 is 0. The Balaban J connectivity index is 2.19. The molecule has 0 aromatic heterocycles. The van der Waals surface area contributed by atoms with Gasteiger partial charge in [-0.15, -0.1) is 0 Å². The molecular weight excluding hydrogens is 673 g/mol. The average molecular weight is 747 g/mol. The molecule has 0 spiro atoms. The van der Waals surface area contributed by atoms with Gasteiger partial charge in [0.2, 0.25) is 0 Å². The van der Waals surface area contributed by atoms with Gasteiger partial charge in [-0.25, -0.2) is 0 Å². The Morgan fingerprint density at radius 1 is 0.286 bits per heavy atom. The quantitative estimate of drug-likeness (QED) is 0.172. The van der Waals surface area contributed by atoms with E-state index >= 15 is 0 Å². The fourth-order valence-electron chi connectivity index (χ4n) is 8.38. The van der Waals surface area contributed by atoms with Crippen molar-refractivity contribution in [2.75, 3.05) is 0 Å². The molecule has 0 atom stereocenters. The van der Waals surface area contributed by atoms with Crippen LogP contribution in [0, 0.1) is 13.8 Å². The summed E-state index contributed by atoms with van der Waals surface area (Å²) in [6, 6.07) is 33.4. The van der Waals surface area contributed by atoms with Crippen LogP contribution >= 0.6 is 0 Å². The lowest BCUT2D eigenvalue weighted by molar-refractivity contribution is 0.568. The molecule has 0 saturated carbocycles. The van der Waals surface area contributed by atoms with Crippen LogP contribution in [0.15, 0.2) is 84.9 Å². The Morgan fingerprint density at radius 2 is 0.536 bits per heavy atom. The van der Waals surface area contributed by atoms with Crippen molar-refractivity contribution in [1.29, 1.82) is 0 Å². The van der Waals surface area contributed by atoms with Crippen LogP contribution in [-0.2, 0) is 32.5 Å². The predicted octanol–water partition coefficient (Wildman–Crippen LogP) is 16.8. The lowest BCUT2D eigenvalue weighted by Crippen LogP contribution is -2.18. The van der Waals surface area contributed by atoms with Gasteiger partial charge in [0.25, 0.3) is 0 Å². The third kappa shape index (κ3) is 8.66. The van der Waals surface area contributed by atoms with E-state index in [1.807, 2.05) is 0 Å². The van der Waals surface area contributed by atoms with Gasteiger partial charge in [0, 0.05) is 0 Å². The van der Waals surface area contributed by atoms with Crippen LogP contribution in [-0.4, -0.2) is 0 Å². The Kier molecular flexibility index (Phi) is 11.2. The van der Waals surface area contributed by atoms with Crippen molar-refractivity contribution in [1.82, 2.24) is 0 Å². The van der Waals surface area contributed by atoms with Gasteiger partial charge in [0.1, 0.15) is 0 Å². The molecule has 0 bridgehead atoms. The van der Waals surface area contributed by atoms with Crippen LogP contribution in [0.5, 0.6) is 0 Å². The minimum atomic E-state index is -0.0543. The van der Waals surface area contributed by atoms with E-state index in [0.717, 1.165) is 0 Å². The molecule has 5 aromatic carbocycles. The van der Waals surface area contributed by atoms with Gasteiger partial charge >= 0.3 is 0 Å². The summed E-state index contributed by atoms with van der Waals surface area (Å²) in [6.45, 7) is 47.3. The molecule has 0 heterocycles. The second kappa shape index (κ2) is 14.5. The van der Waals surface area contributed by atoms with Gasteiger partial charge in [-0.1, -0.05) is 210 Å². The van der Waals surface area contributed by atoms with Crippen LogP contribution in [0.2, 0.25) is 0 Å². The second-order valence-corrected chi connectivity index (χ2v) is 22.9. The molecule has 298 valence electrons. The van der Waals surface area contributed by atoms with E-state index in [2.05, 4.69) is 223 Å². The zero-order valence-corrected chi connectivity index (χ0v) is 39.1. The van der Waals surface area contributed by atoms with E-state index in [0.29, 0.717) is 0 Å². The Bertz CT molecular complexity index is 2020. The highest BCUT2D eigenvalue weighted by molar-refractivity contribution is 6.02. The molecule has 0 N–H and O–H groups in total. The Labute approximate surface area is 343 Å². The fraction of sp³-hybridized carbons (Fsp3) is 0.464. The normalized spacial score (nSPS) is 13.4. The molecule has 0 aliphatic heterocycles. The Morgan fingerprint density at radius 3 is 0.768 bits per heavy atom. The lowest BCUT2D eigenvalue weighted by Gasteiger charge is -2.33. The highest BCUT2D eigenvalue weighted by Crippen LogP contribution is 2.53. The van der Waals surface area contributed by atoms with E-state index in [4.69, 9.17) is 0 Å². The number of rotatable bonds is 4. The topological polar surface area (TPSA) is 0 Å². The van der Waals surface area contributed by atoms with Crippen LogP contribution in [0.4, 0.5) is 0 Å². The smallest absolute Gasteiger partial charge is 0.00638 e. The van der Waals surface area contributed by atoms with Crippen molar-refractivity contribution in [3.63, 3.8) is 0 Å². The highest BCUT2D eigenvalue weighted by Gasteiger charge is 2.32. The lowest BCUT2D eigenvalue weighted by atomic mass is 9.71. The average Bonchev–Trinajstić information content (AvgIpc) is 3.06. The van der Waals surface area contributed by atoms with Crippen molar-refractivity contribution in [3.8, 4) is 44.5 Å². The minimum absolute atomic E-state index is 0.0131. The van der Waals surface area contributed by atoms with Gasteiger partial charge in [-0.2, -0.15) is 0 Å². The van der Waals surface area contributed by atoms with Gasteiger partial charge in [0.15, 0.2) is 0 Å². The van der Waals surface area contributed by atoms with Crippen LogP contribution in [0.3, 0.4) is 0 Å². The van der Waals surface area contributed by atoms with E-state index in [9.17, 15) is 0 Å². The summed E-state index contributed by atoms with van der Waals surface area (Å²) in [5.74, 6) is 0. The molecule has 0 saturated heterocycles. The molecule has 56 heavy (non-hydrogen) atoms. The van der Waals surface area contributed by atoms with E-state index < -0.39 is 0 Å². The van der Waals surface area contributed by atoms with Crippen molar-refractivity contribution in [2.24, 2.45) is 0 Å². The first-order valence-electron chi connectivity index (χ1n) is 21.1. The fourth-order valence-corrected chi connectivity index (χ4v) is 8.38. The zero-order chi connectivity index (χ0) is 42.1. The monoisotopic (exact) mass is 747 g/mol. The van der Waals surface area contributed by atoms with Gasteiger partial charge < -0.3 is 0 Å². The summed E-state index contributed by atoms with van der Waals surface area (Å²) in [7, 11) is 0. The van der Waals surface area contributed by atoms with Crippen LogP contribution in [0.1, 0.15) is 169 Å². The van der Waals surface area contributed by atoms with Crippen molar-refractivity contribution in [3.05, 3.63) is 129 Å². The van der Waals surface area contributed by atoms with E-state index in [1.54, 1.807) is 0 Å². The van der Waals surface area contributed by atoms with Gasteiger partial charge in [-0.3, -0.25) is 0 Å². The second-order valence-electron chi connectivity index (χ2n) is 22.9. The maximum atomic E-state index is 2.51. The predicted molar refractivity (Wildman–Crippen MR) is 250 cm³/mol. The molecule has 5 aromatic rings. The summed E-state index contributed by atoms with van der Waals surface area (Å²) in [5, 5.41) is 0. The van der Waals surface area contributed by atoms with Gasteiger partial charge in [-0.05, 0) is 135 Å². The molecule has 0 fully saturated rings. The first-order chi connectivity index (χ1) is 25.4. The molecular formula is C56H74. The molecule has 0 amide bonds. The Hall–Kier alpha value is -3.90. The van der Waals surface area contributed by atoms with E-state index in [-0.39, 0.29) is 32.5 Å². The van der Waals surface area contributed by atoms with Crippen molar-refractivity contribution >= 4 is 0 Å². The zero-order valence-electron chi connectivity index (χ0n) is 39.1. The summed E-state index contributed by atoms with van der Waals surface area (Å²) in [6.07, 6.45) is 0. The first kappa shape index (κ1) is 43.2. The molecule has 0 unspecified atom stereocenters. The molecule has 0 nitrogen and oxygen atoms in total. The third-order valence-electron chi connectivity index (χ3n) is 11.9. The standard InChI is InChI=1S/C56H74/c1-35-47(37-29-39(51(3,4)5)33-40(30-37)52(6,7)8)50(44-26-22-24-28-46(44)56(18,19)20)36(2)48(49(35)43-25-21-23-27-45(43)55(15,16)17)38-31-41(53(9,10)11)34-42(32-38)54(12,13)14/h21-34H,1-20H3. The molecule has 0 heteroatoms. The maximum Gasteiger partial charge on any atom is -0.00638 e. The van der Waals surface area contributed by atoms with Gasteiger partial charge in [0.05, 0.1) is 0 Å². The maximum absolute atomic E-state index is 2.51. The molecule has 0 aliphatic carbocycles. The molecule has 5 rings (SSSR count). The first-order valence-corrected chi connectivity index (χ1v) is 21.1. The summed E-state index contributed by atoms with van der Waals surface area (Å²) < 4.78 is 0. The SMILES string of the molecule is Cc1c(-c2cc(C(C)(C)C)cc(C(C)(C)C)c2)c(-c2ccccc2C(C)(C)C)c(C)c(-c2cc(C(C)(C)C)cc(C(C)(C)C)c2)c1-c1ccccc1C(C)(C)C. The molecule has 0 radical (unpaired) electrons. The third-order valence-corrected chi connectivity index (χ3v) is 11.9. The number of hydrogen-bond acceptors (Lipinski definition) is 0. The van der Waals surface area contributed by atoms with Crippen LogP contribution in [0.25, 0.3) is 44.5 Å². The van der Waals surface area contributed by atoms with Crippen LogP contribution < -0.4 is 0 Å². The van der Waals surface area contributed by atoms with Crippen molar-refractivity contribution in [2.45, 2.75) is 171 Å². The van der Waals surface area contributed by atoms with Crippen molar-refractivity contribution < 1.29 is 0 Å².